The Labute approximate surface area is 152 Å². The number of carbonyl (C=O) groups excluding carboxylic acids is 1. The van der Waals surface area contributed by atoms with E-state index in [0.717, 1.165) is 41.1 Å². The Balaban J connectivity index is 1.68. The van der Waals surface area contributed by atoms with Crippen LogP contribution < -0.4 is 5.32 Å². The molecule has 1 amide bonds. The number of hydrogen-bond acceptors (Lipinski definition) is 5. The molecular formula is C18H15F2N3O2S. The summed E-state index contributed by atoms with van der Waals surface area (Å²) in [5, 5.41) is 9.83. The first-order valence-corrected chi connectivity index (χ1v) is 8.64. The largest absolute Gasteiger partial charge is 0.411 e. The Bertz CT molecular complexity index is 946. The van der Waals surface area contributed by atoms with Crippen molar-refractivity contribution in [1.29, 1.82) is 0 Å². The molecule has 134 valence electrons. The summed E-state index contributed by atoms with van der Waals surface area (Å²) in [6.45, 7) is 3.53. The highest BCUT2D eigenvalue weighted by Crippen LogP contribution is 2.28. The van der Waals surface area contributed by atoms with Crippen molar-refractivity contribution in [1.82, 2.24) is 10.2 Å². The molecule has 0 aliphatic heterocycles. The first kappa shape index (κ1) is 18.1. The van der Waals surface area contributed by atoms with Crippen LogP contribution in [0.4, 0.5) is 14.5 Å². The summed E-state index contributed by atoms with van der Waals surface area (Å²) >= 11 is 1.03. The molecule has 1 unspecified atom stereocenters. The van der Waals surface area contributed by atoms with Gasteiger partial charge in [-0.1, -0.05) is 30.0 Å². The molecule has 26 heavy (non-hydrogen) atoms. The summed E-state index contributed by atoms with van der Waals surface area (Å²) in [5.41, 5.74) is 1.58. The number of hydrogen-bond donors (Lipinski definition) is 1. The highest BCUT2D eigenvalue weighted by molar-refractivity contribution is 8.00. The van der Waals surface area contributed by atoms with E-state index in [2.05, 4.69) is 15.5 Å². The fourth-order valence-corrected chi connectivity index (χ4v) is 2.89. The molecule has 0 aliphatic carbocycles. The van der Waals surface area contributed by atoms with Gasteiger partial charge in [0.25, 0.3) is 5.22 Å². The zero-order chi connectivity index (χ0) is 18.7. The van der Waals surface area contributed by atoms with Gasteiger partial charge in [0.05, 0.1) is 10.9 Å². The molecule has 1 N–H and O–H groups in total. The van der Waals surface area contributed by atoms with Crippen molar-refractivity contribution in [3.8, 4) is 11.5 Å². The maximum absolute atomic E-state index is 13.6. The quantitative estimate of drug-likeness (QED) is 0.668. The van der Waals surface area contributed by atoms with Gasteiger partial charge in [-0.3, -0.25) is 4.79 Å². The molecule has 0 aliphatic rings. The summed E-state index contributed by atoms with van der Waals surface area (Å²) in [5.74, 6) is -1.50. The van der Waals surface area contributed by atoms with Crippen LogP contribution in [0.5, 0.6) is 0 Å². The van der Waals surface area contributed by atoms with Crippen LogP contribution in [-0.2, 0) is 4.79 Å². The predicted molar refractivity (Wildman–Crippen MR) is 94.8 cm³/mol. The maximum atomic E-state index is 13.6. The van der Waals surface area contributed by atoms with Crippen molar-refractivity contribution in [2.45, 2.75) is 24.3 Å². The molecule has 5 nitrogen and oxygen atoms in total. The van der Waals surface area contributed by atoms with Crippen LogP contribution in [0, 0.1) is 18.6 Å². The van der Waals surface area contributed by atoms with Crippen LogP contribution in [0.25, 0.3) is 11.5 Å². The van der Waals surface area contributed by atoms with Gasteiger partial charge < -0.3 is 9.73 Å². The van der Waals surface area contributed by atoms with Crippen LogP contribution in [-0.4, -0.2) is 21.4 Å². The van der Waals surface area contributed by atoms with Gasteiger partial charge in [-0.25, -0.2) is 8.78 Å². The van der Waals surface area contributed by atoms with Gasteiger partial charge in [-0.15, -0.1) is 10.2 Å². The zero-order valence-corrected chi connectivity index (χ0v) is 14.8. The number of aryl methyl sites for hydroxylation is 1. The number of benzene rings is 2. The molecule has 0 fully saturated rings. The minimum absolute atomic E-state index is 0.214. The number of thioether (sulfide) groups is 1. The summed E-state index contributed by atoms with van der Waals surface area (Å²) in [7, 11) is 0. The van der Waals surface area contributed by atoms with Gasteiger partial charge >= 0.3 is 0 Å². The van der Waals surface area contributed by atoms with Crippen LogP contribution >= 0.6 is 11.8 Å². The van der Waals surface area contributed by atoms with Crippen LogP contribution in [0.1, 0.15) is 12.5 Å². The Morgan fingerprint density at radius 1 is 1.19 bits per heavy atom. The second kappa shape index (κ2) is 7.65. The summed E-state index contributed by atoms with van der Waals surface area (Å²) in [6.07, 6.45) is 0. The Hall–Kier alpha value is -2.74. The maximum Gasteiger partial charge on any atom is 0.277 e. The molecule has 1 atom stereocenters. The fourth-order valence-electron chi connectivity index (χ4n) is 2.21. The Kier molecular flexibility index (Phi) is 5.32. The Morgan fingerprint density at radius 3 is 2.73 bits per heavy atom. The van der Waals surface area contributed by atoms with Crippen molar-refractivity contribution < 1.29 is 18.0 Å². The number of nitrogens with zero attached hydrogens (tertiary/aromatic N) is 2. The number of carbonyl (C=O) groups is 1. The van der Waals surface area contributed by atoms with E-state index in [-0.39, 0.29) is 10.9 Å². The molecule has 2 aromatic carbocycles. The van der Waals surface area contributed by atoms with Crippen LogP contribution in [0.15, 0.2) is 52.1 Å². The van der Waals surface area contributed by atoms with E-state index >= 15 is 0 Å². The lowest BCUT2D eigenvalue weighted by Crippen LogP contribution is -2.23. The summed E-state index contributed by atoms with van der Waals surface area (Å²) in [6, 6.07) is 10.4. The molecule has 1 aromatic heterocycles. The number of rotatable bonds is 5. The highest BCUT2D eigenvalue weighted by Gasteiger charge is 2.20. The van der Waals surface area contributed by atoms with Gasteiger partial charge in [0.15, 0.2) is 0 Å². The van der Waals surface area contributed by atoms with Gasteiger partial charge in [0.1, 0.15) is 11.6 Å². The lowest BCUT2D eigenvalue weighted by Gasteiger charge is -2.10. The van der Waals surface area contributed by atoms with Crippen molar-refractivity contribution in [2.75, 3.05) is 5.32 Å². The van der Waals surface area contributed by atoms with Crippen molar-refractivity contribution in [3.05, 3.63) is 59.7 Å². The third-order valence-corrected chi connectivity index (χ3v) is 4.55. The van der Waals surface area contributed by atoms with E-state index in [4.69, 9.17) is 4.42 Å². The number of nitrogens with one attached hydrogen (secondary N) is 1. The monoisotopic (exact) mass is 375 g/mol. The lowest BCUT2D eigenvalue weighted by atomic mass is 10.1. The molecule has 3 rings (SSSR count). The first-order valence-electron chi connectivity index (χ1n) is 7.76. The molecule has 8 heteroatoms. The molecule has 3 aromatic rings. The number of halogens is 2. The van der Waals surface area contributed by atoms with E-state index in [1.165, 1.54) is 0 Å². The van der Waals surface area contributed by atoms with E-state index < -0.39 is 22.8 Å². The third kappa shape index (κ3) is 4.08. The third-order valence-electron chi connectivity index (χ3n) is 3.62. The predicted octanol–water partition coefficient (Wildman–Crippen LogP) is 4.44. The van der Waals surface area contributed by atoms with Gasteiger partial charge in [-0.2, -0.15) is 0 Å². The van der Waals surface area contributed by atoms with Crippen LogP contribution in [0.3, 0.4) is 0 Å². The standard InChI is InChI=1S/C18H15F2N3O2S/c1-10-5-3-4-6-13(10)17-22-23-18(25-17)26-11(2)16(24)21-15-9-12(19)7-8-14(15)20/h3-9,11H,1-2H3,(H,21,24). The molecular weight excluding hydrogens is 360 g/mol. The van der Waals surface area contributed by atoms with Gasteiger partial charge in [-0.05, 0) is 37.6 Å². The number of anilines is 1. The average molecular weight is 375 g/mol. The van der Waals surface area contributed by atoms with Crippen LogP contribution in [0.2, 0.25) is 0 Å². The van der Waals surface area contributed by atoms with Gasteiger partial charge in [0.2, 0.25) is 11.8 Å². The SMILES string of the molecule is Cc1ccccc1-c1nnc(SC(C)C(=O)Nc2cc(F)ccc2F)o1. The average Bonchev–Trinajstić information content (AvgIpc) is 3.06. The second-order valence-corrected chi connectivity index (χ2v) is 6.85. The first-order chi connectivity index (χ1) is 12.4. The van der Waals surface area contributed by atoms with Crippen molar-refractivity contribution >= 4 is 23.4 Å². The second-order valence-electron chi connectivity index (χ2n) is 5.56. The fraction of sp³-hybridized carbons (Fsp3) is 0.167. The van der Waals surface area contributed by atoms with Gasteiger partial charge in [0, 0.05) is 11.6 Å². The number of amides is 1. The zero-order valence-electron chi connectivity index (χ0n) is 14.0. The minimum atomic E-state index is -0.712. The van der Waals surface area contributed by atoms with Crippen molar-refractivity contribution in [3.63, 3.8) is 0 Å². The minimum Gasteiger partial charge on any atom is -0.411 e. The Morgan fingerprint density at radius 2 is 1.96 bits per heavy atom. The van der Waals surface area contributed by atoms with E-state index in [0.29, 0.717) is 5.89 Å². The van der Waals surface area contributed by atoms with E-state index in [1.807, 2.05) is 31.2 Å². The smallest absolute Gasteiger partial charge is 0.277 e. The highest BCUT2D eigenvalue weighted by atomic mass is 32.2. The summed E-state index contributed by atoms with van der Waals surface area (Å²) < 4.78 is 32.4. The lowest BCUT2D eigenvalue weighted by molar-refractivity contribution is -0.115. The molecule has 0 bridgehead atoms. The topological polar surface area (TPSA) is 68.0 Å². The molecule has 1 heterocycles. The molecule has 0 radical (unpaired) electrons. The summed E-state index contributed by atoms with van der Waals surface area (Å²) in [4.78, 5) is 12.2. The normalized spacial score (nSPS) is 12.0. The molecule has 0 saturated heterocycles. The van der Waals surface area contributed by atoms with E-state index in [1.54, 1.807) is 6.92 Å². The molecule has 0 saturated carbocycles. The van der Waals surface area contributed by atoms with E-state index in [9.17, 15) is 13.6 Å². The van der Waals surface area contributed by atoms with Crippen molar-refractivity contribution in [2.24, 2.45) is 0 Å². The molecule has 0 spiro atoms. The number of aromatic nitrogens is 2.